The lowest BCUT2D eigenvalue weighted by Gasteiger charge is -2.31. The maximum absolute atomic E-state index is 12.9. The van der Waals surface area contributed by atoms with E-state index in [1.165, 1.54) is 12.8 Å². The number of nitrogens with zero attached hydrogens (tertiary/aromatic N) is 1. The van der Waals surface area contributed by atoms with Gasteiger partial charge in [0.2, 0.25) is 10.0 Å². The van der Waals surface area contributed by atoms with Gasteiger partial charge in [-0.3, -0.25) is 0 Å². The van der Waals surface area contributed by atoms with Crippen LogP contribution >= 0.6 is 12.4 Å². The monoisotopic (exact) mass is 406 g/mol. The van der Waals surface area contributed by atoms with Gasteiger partial charge in [-0.25, -0.2) is 8.42 Å². The largest absolute Gasteiger partial charge is 0.314 e. The van der Waals surface area contributed by atoms with Crippen molar-refractivity contribution in [3.63, 3.8) is 0 Å². The Labute approximate surface area is 168 Å². The van der Waals surface area contributed by atoms with Gasteiger partial charge in [-0.05, 0) is 61.4 Å². The molecule has 1 aliphatic carbocycles. The van der Waals surface area contributed by atoms with Crippen molar-refractivity contribution >= 4 is 22.4 Å². The number of rotatable bonds is 6. The molecule has 27 heavy (non-hydrogen) atoms. The third-order valence-electron chi connectivity index (χ3n) is 5.45. The maximum atomic E-state index is 12.9. The molecule has 1 N–H and O–H groups in total. The normalized spacial score (nSPS) is 18.8. The molecule has 146 valence electrons. The molecule has 1 heterocycles. The Morgan fingerprint density at radius 2 is 1.44 bits per heavy atom. The SMILES string of the molecule is Cl.O=S(=O)(c1ccc(-c2ccccc2)cc1)N1CCC(NCC2CC2)CC1. The molecule has 2 fully saturated rings. The summed E-state index contributed by atoms with van der Waals surface area (Å²) >= 11 is 0. The summed E-state index contributed by atoms with van der Waals surface area (Å²) < 4.78 is 27.5. The molecule has 4 nitrogen and oxygen atoms in total. The predicted octanol–water partition coefficient (Wildman–Crippen LogP) is 3.93. The topological polar surface area (TPSA) is 49.4 Å². The molecule has 0 aromatic heterocycles. The van der Waals surface area contributed by atoms with Gasteiger partial charge in [0.1, 0.15) is 0 Å². The molecular weight excluding hydrogens is 380 g/mol. The van der Waals surface area contributed by atoms with Crippen LogP contribution in [0.5, 0.6) is 0 Å². The molecule has 0 unspecified atom stereocenters. The average Bonchev–Trinajstić information content (AvgIpc) is 3.52. The molecule has 1 saturated heterocycles. The highest BCUT2D eigenvalue weighted by Gasteiger charge is 2.30. The highest BCUT2D eigenvalue weighted by molar-refractivity contribution is 7.89. The number of benzene rings is 2. The van der Waals surface area contributed by atoms with Crippen molar-refractivity contribution in [1.29, 1.82) is 0 Å². The summed E-state index contributed by atoms with van der Waals surface area (Å²) in [6, 6.07) is 17.7. The van der Waals surface area contributed by atoms with Crippen LogP contribution in [0, 0.1) is 5.92 Å². The summed E-state index contributed by atoms with van der Waals surface area (Å²) in [5, 5.41) is 3.60. The third-order valence-corrected chi connectivity index (χ3v) is 7.36. The van der Waals surface area contributed by atoms with E-state index < -0.39 is 10.0 Å². The van der Waals surface area contributed by atoms with Crippen LogP contribution in [0.4, 0.5) is 0 Å². The number of halogens is 1. The van der Waals surface area contributed by atoms with Gasteiger partial charge in [-0.1, -0.05) is 42.5 Å². The molecule has 0 amide bonds. The highest BCUT2D eigenvalue weighted by atomic mass is 35.5. The summed E-state index contributed by atoms with van der Waals surface area (Å²) in [6.45, 7) is 2.30. The number of hydrogen-bond acceptors (Lipinski definition) is 3. The van der Waals surface area contributed by atoms with Gasteiger partial charge in [0, 0.05) is 19.1 Å². The summed E-state index contributed by atoms with van der Waals surface area (Å²) in [7, 11) is -3.40. The molecule has 0 bridgehead atoms. The lowest BCUT2D eigenvalue weighted by molar-refractivity contribution is 0.288. The first-order valence-corrected chi connectivity index (χ1v) is 11.0. The second kappa shape index (κ2) is 8.74. The van der Waals surface area contributed by atoms with Crippen molar-refractivity contribution in [2.24, 2.45) is 5.92 Å². The average molecular weight is 407 g/mol. The first-order valence-electron chi connectivity index (χ1n) is 9.52. The van der Waals surface area contributed by atoms with Crippen LogP contribution in [-0.2, 0) is 10.0 Å². The first-order chi connectivity index (χ1) is 12.6. The van der Waals surface area contributed by atoms with Crippen LogP contribution in [-0.4, -0.2) is 38.4 Å². The molecule has 4 rings (SSSR count). The standard InChI is InChI=1S/C21H26N2O2S.ClH/c24-26(25,23-14-12-20(13-15-23)22-16-17-6-7-17)21-10-8-19(9-11-21)18-4-2-1-3-5-18;/h1-5,8-11,17,20,22H,6-7,12-16H2;1H. The van der Waals surface area contributed by atoms with E-state index in [1.807, 2.05) is 42.5 Å². The second-order valence-corrected chi connectivity index (χ2v) is 9.36. The third kappa shape index (κ3) is 4.91. The van der Waals surface area contributed by atoms with Gasteiger partial charge in [-0.2, -0.15) is 4.31 Å². The van der Waals surface area contributed by atoms with Crippen molar-refractivity contribution < 1.29 is 8.42 Å². The Morgan fingerprint density at radius 1 is 0.852 bits per heavy atom. The molecule has 2 aromatic carbocycles. The summed E-state index contributed by atoms with van der Waals surface area (Å²) in [5.74, 6) is 0.861. The molecule has 0 atom stereocenters. The lowest BCUT2D eigenvalue weighted by atomic mass is 10.1. The van der Waals surface area contributed by atoms with E-state index >= 15 is 0 Å². The summed E-state index contributed by atoms with van der Waals surface area (Å²) in [6.07, 6.45) is 4.49. The lowest BCUT2D eigenvalue weighted by Crippen LogP contribution is -2.45. The van der Waals surface area contributed by atoms with E-state index in [-0.39, 0.29) is 12.4 Å². The molecule has 2 aromatic rings. The number of sulfonamides is 1. The second-order valence-electron chi connectivity index (χ2n) is 7.42. The van der Waals surface area contributed by atoms with E-state index in [0.29, 0.717) is 24.0 Å². The van der Waals surface area contributed by atoms with Gasteiger partial charge >= 0.3 is 0 Å². The quantitative estimate of drug-likeness (QED) is 0.790. The predicted molar refractivity (Wildman–Crippen MR) is 112 cm³/mol. The Bertz CT molecular complexity index is 828. The Kier molecular flexibility index (Phi) is 6.58. The smallest absolute Gasteiger partial charge is 0.243 e. The van der Waals surface area contributed by atoms with Crippen LogP contribution in [0.3, 0.4) is 0 Å². The van der Waals surface area contributed by atoms with Gasteiger partial charge in [0.05, 0.1) is 4.90 Å². The minimum Gasteiger partial charge on any atom is -0.314 e. The zero-order valence-electron chi connectivity index (χ0n) is 15.4. The number of piperidine rings is 1. The fourth-order valence-corrected chi connectivity index (χ4v) is 5.02. The van der Waals surface area contributed by atoms with Crippen LogP contribution in [0.1, 0.15) is 25.7 Å². The van der Waals surface area contributed by atoms with Gasteiger partial charge in [0.15, 0.2) is 0 Å². The fourth-order valence-electron chi connectivity index (χ4n) is 3.55. The Balaban J connectivity index is 0.00000210. The summed E-state index contributed by atoms with van der Waals surface area (Å²) in [4.78, 5) is 0.390. The van der Waals surface area contributed by atoms with E-state index in [0.717, 1.165) is 36.4 Å². The van der Waals surface area contributed by atoms with Crippen LogP contribution < -0.4 is 5.32 Å². The van der Waals surface area contributed by atoms with Crippen molar-refractivity contribution in [3.05, 3.63) is 54.6 Å². The molecule has 0 radical (unpaired) electrons. The van der Waals surface area contributed by atoms with E-state index in [1.54, 1.807) is 16.4 Å². The van der Waals surface area contributed by atoms with Crippen molar-refractivity contribution in [2.75, 3.05) is 19.6 Å². The number of nitrogens with one attached hydrogen (secondary N) is 1. The van der Waals surface area contributed by atoms with Crippen molar-refractivity contribution in [3.8, 4) is 11.1 Å². The molecule has 2 aliphatic rings. The van der Waals surface area contributed by atoms with Crippen molar-refractivity contribution in [1.82, 2.24) is 9.62 Å². The molecule has 6 heteroatoms. The van der Waals surface area contributed by atoms with Crippen LogP contribution in [0.25, 0.3) is 11.1 Å². The Morgan fingerprint density at radius 3 is 2.04 bits per heavy atom. The van der Waals surface area contributed by atoms with Gasteiger partial charge in [0.25, 0.3) is 0 Å². The molecular formula is C21H27ClN2O2S. The Hall–Kier alpha value is -1.40. The fraction of sp³-hybridized carbons (Fsp3) is 0.429. The van der Waals surface area contributed by atoms with Crippen molar-refractivity contribution in [2.45, 2.75) is 36.6 Å². The molecule has 1 saturated carbocycles. The maximum Gasteiger partial charge on any atom is 0.243 e. The molecule has 0 spiro atoms. The highest BCUT2D eigenvalue weighted by Crippen LogP contribution is 2.29. The van der Waals surface area contributed by atoms with Crippen LogP contribution in [0.15, 0.2) is 59.5 Å². The minimum absolute atomic E-state index is 0. The van der Waals surface area contributed by atoms with Crippen LogP contribution in [0.2, 0.25) is 0 Å². The van der Waals surface area contributed by atoms with E-state index in [2.05, 4.69) is 5.32 Å². The zero-order valence-corrected chi connectivity index (χ0v) is 17.0. The van der Waals surface area contributed by atoms with Gasteiger partial charge in [-0.15, -0.1) is 12.4 Å². The van der Waals surface area contributed by atoms with Gasteiger partial charge < -0.3 is 5.32 Å². The number of hydrogen-bond donors (Lipinski definition) is 1. The summed E-state index contributed by atoms with van der Waals surface area (Å²) in [5.41, 5.74) is 2.13. The minimum atomic E-state index is -3.40. The van der Waals surface area contributed by atoms with E-state index in [4.69, 9.17) is 0 Å². The zero-order chi connectivity index (χ0) is 18.0. The van der Waals surface area contributed by atoms with E-state index in [9.17, 15) is 8.42 Å². The first kappa shape index (κ1) is 20.3. The molecule has 1 aliphatic heterocycles.